The van der Waals surface area contributed by atoms with E-state index < -0.39 is 0 Å². The van der Waals surface area contributed by atoms with E-state index in [0.717, 1.165) is 47.1 Å². The average molecular weight is 383 g/mol. The lowest BCUT2D eigenvalue weighted by atomic mass is 9.99. The molecule has 0 amide bonds. The lowest BCUT2D eigenvalue weighted by molar-refractivity contribution is 0.104. The van der Waals surface area contributed by atoms with Crippen molar-refractivity contribution in [1.29, 1.82) is 0 Å². The first-order valence-corrected chi connectivity index (χ1v) is 9.46. The number of hydrogen-bond acceptors (Lipinski definition) is 4. The summed E-state index contributed by atoms with van der Waals surface area (Å²) < 4.78 is 11.6. The summed E-state index contributed by atoms with van der Waals surface area (Å²) in [5.74, 6) is 1.59. The minimum absolute atomic E-state index is 0.300. The third-order valence-electron chi connectivity index (χ3n) is 4.87. The van der Waals surface area contributed by atoms with Crippen molar-refractivity contribution in [3.05, 3.63) is 64.5 Å². The van der Waals surface area contributed by atoms with Crippen molar-refractivity contribution in [3.63, 3.8) is 0 Å². The van der Waals surface area contributed by atoms with Gasteiger partial charge in [0.25, 0.3) is 0 Å². The number of benzene rings is 2. The van der Waals surface area contributed by atoms with Crippen molar-refractivity contribution in [1.82, 2.24) is 5.16 Å². The van der Waals surface area contributed by atoms with Crippen LogP contribution in [0.1, 0.15) is 30.9 Å². The van der Waals surface area contributed by atoms with E-state index in [4.69, 9.17) is 20.9 Å². The van der Waals surface area contributed by atoms with Crippen molar-refractivity contribution >= 4 is 17.3 Å². The standard InChI is InChI=1S/C22H23ClN2O2/c1-14-21(15(2)27-24-14)17-10-20-19(11-18(17)23)25(13-22(3,4)26-20)12-16-8-6-5-7-9-16/h5-11H,12-13H2,1-4H3. The minimum atomic E-state index is -0.300. The van der Waals surface area contributed by atoms with Crippen LogP contribution in [0.3, 0.4) is 0 Å². The van der Waals surface area contributed by atoms with Crippen molar-refractivity contribution in [3.8, 4) is 16.9 Å². The molecule has 0 N–H and O–H groups in total. The summed E-state index contributed by atoms with van der Waals surface area (Å²) in [6, 6.07) is 14.5. The minimum Gasteiger partial charge on any atom is -0.484 e. The van der Waals surface area contributed by atoms with Gasteiger partial charge in [-0.05, 0) is 45.4 Å². The highest BCUT2D eigenvalue weighted by atomic mass is 35.5. The van der Waals surface area contributed by atoms with Crippen LogP contribution in [-0.2, 0) is 6.54 Å². The van der Waals surface area contributed by atoms with E-state index >= 15 is 0 Å². The quantitative estimate of drug-likeness (QED) is 0.574. The lowest BCUT2D eigenvalue weighted by Gasteiger charge is -2.41. The molecule has 0 saturated carbocycles. The number of ether oxygens (including phenoxy) is 1. The molecule has 1 aliphatic heterocycles. The Bertz CT molecular complexity index is 960. The highest BCUT2D eigenvalue weighted by Gasteiger charge is 2.33. The van der Waals surface area contributed by atoms with Crippen molar-refractivity contribution in [2.75, 3.05) is 11.4 Å². The Morgan fingerprint density at radius 1 is 1.15 bits per heavy atom. The summed E-state index contributed by atoms with van der Waals surface area (Å²) in [4.78, 5) is 2.33. The second-order valence-electron chi connectivity index (χ2n) is 7.70. The van der Waals surface area contributed by atoms with E-state index in [-0.39, 0.29) is 5.60 Å². The largest absolute Gasteiger partial charge is 0.484 e. The van der Waals surface area contributed by atoms with Gasteiger partial charge in [-0.15, -0.1) is 0 Å². The smallest absolute Gasteiger partial charge is 0.144 e. The van der Waals surface area contributed by atoms with Crippen LogP contribution in [-0.4, -0.2) is 17.3 Å². The molecule has 27 heavy (non-hydrogen) atoms. The molecule has 0 atom stereocenters. The molecular formula is C22H23ClN2O2. The monoisotopic (exact) mass is 382 g/mol. The van der Waals surface area contributed by atoms with Gasteiger partial charge < -0.3 is 14.2 Å². The van der Waals surface area contributed by atoms with Gasteiger partial charge in [0.05, 0.1) is 22.9 Å². The molecular weight excluding hydrogens is 360 g/mol. The molecule has 0 unspecified atom stereocenters. The number of aryl methyl sites for hydroxylation is 2. The summed E-state index contributed by atoms with van der Waals surface area (Å²) in [6.07, 6.45) is 0. The maximum Gasteiger partial charge on any atom is 0.144 e. The second-order valence-corrected chi connectivity index (χ2v) is 8.11. The Balaban J connectivity index is 1.80. The SMILES string of the molecule is Cc1noc(C)c1-c1cc2c(cc1Cl)N(Cc1ccccc1)CC(C)(C)O2. The molecule has 0 fully saturated rings. The fourth-order valence-corrected chi connectivity index (χ4v) is 4.00. The molecule has 0 aliphatic carbocycles. The van der Waals surface area contributed by atoms with Gasteiger partial charge >= 0.3 is 0 Å². The Morgan fingerprint density at radius 2 is 1.89 bits per heavy atom. The fraction of sp³-hybridized carbons (Fsp3) is 0.318. The molecule has 3 aromatic rings. The Morgan fingerprint density at radius 3 is 2.56 bits per heavy atom. The first-order valence-electron chi connectivity index (χ1n) is 9.09. The van der Waals surface area contributed by atoms with Gasteiger partial charge in [0.15, 0.2) is 0 Å². The number of hydrogen-bond donors (Lipinski definition) is 0. The zero-order chi connectivity index (χ0) is 19.2. The van der Waals surface area contributed by atoms with Crippen LogP contribution in [0.2, 0.25) is 5.02 Å². The van der Waals surface area contributed by atoms with E-state index in [2.05, 4.69) is 48.2 Å². The fourth-order valence-electron chi connectivity index (χ4n) is 3.75. The Kier molecular flexibility index (Phi) is 4.39. The summed E-state index contributed by atoms with van der Waals surface area (Å²) in [5.41, 5.74) is 4.62. The first kappa shape index (κ1) is 17.9. The van der Waals surface area contributed by atoms with Gasteiger partial charge in [0.1, 0.15) is 17.1 Å². The molecule has 0 saturated heterocycles. The average Bonchev–Trinajstić information content (AvgIpc) is 2.94. The summed E-state index contributed by atoms with van der Waals surface area (Å²) in [5, 5.41) is 4.73. The number of nitrogens with zero attached hydrogens (tertiary/aromatic N) is 2. The number of anilines is 1. The van der Waals surface area contributed by atoms with Gasteiger partial charge in [0, 0.05) is 17.7 Å². The zero-order valence-corrected chi connectivity index (χ0v) is 16.8. The predicted molar refractivity (Wildman–Crippen MR) is 109 cm³/mol. The van der Waals surface area contributed by atoms with Crippen LogP contribution in [0, 0.1) is 13.8 Å². The molecule has 0 spiro atoms. The topological polar surface area (TPSA) is 38.5 Å². The molecule has 4 rings (SSSR count). The molecule has 2 aromatic carbocycles. The van der Waals surface area contributed by atoms with Crippen LogP contribution in [0.25, 0.3) is 11.1 Å². The van der Waals surface area contributed by atoms with E-state index in [9.17, 15) is 0 Å². The maximum atomic E-state index is 6.68. The van der Waals surface area contributed by atoms with Gasteiger partial charge in [-0.2, -0.15) is 0 Å². The maximum absolute atomic E-state index is 6.68. The second kappa shape index (κ2) is 6.61. The zero-order valence-electron chi connectivity index (χ0n) is 16.0. The molecule has 140 valence electrons. The van der Waals surface area contributed by atoms with Crippen LogP contribution in [0.15, 0.2) is 47.0 Å². The van der Waals surface area contributed by atoms with E-state index in [0.29, 0.717) is 5.02 Å². The molecule has 1 aliphatic rings. The number of halogens is 1. The van der Waals surface area contributed by atoms with Crippen LogP contribution >= 0.6 is 11.6 Å². The van der Waals surface area contributed by atoms with Crippen LogP contribution in [0.5, 0.6) is 5.75 Å². The number of rotatable bonds is 3. The van der Waals surface area contributed by atoms with E-state index in [1.807, 2.05) is 32.0 Å². The van der Waals surface area contributed by atoms with Crippen LogP contribution in [0.4, 0.5) is 5.69 Å². The first-order chi connectivity index (χ1) is 12.8. The van der Waals surface area contributed by atoms with Gasteiger partial charge in [-0.1, -0.05) is 47.1 Å². The summed E-state index contributed by atoms with van der Waals surface area (Å²) in [7, 11) is 0. The molecule has 0 radical (unpaired) electrons. The lowest BCUT2D eigenvalue weighted by Crippen LogP contribution is -2.46. The van der Waals surface area contributed by atoms with Crippen molar-refractivity contribution in [2.24, 2.45) is 0 Å². The van der Waals surface area contributed by atoms with Gasteiger partial charge in [-0.3, -0.25) is 0 Å². The predicted octanol–water partition coefficient (Wildman–Crippen LogP) is 5.79. The summed E-state index contributed by atoms with van der Waals surface area (Å²) in [6.45, 7) is 9.64. The molecule has 5 heteroatoms. The van der Waals surface area contributed by atoms with Crippen molar-refractivity contribution < 1.29 is 9.26 Å². The highest BCUT2D eigenvalue weighted by molar-refractivity contribution is 6.33. The highest BCUT2D eigenvalue weighted by Crippen LogP contribution is 2.45. The van der Waals surface area contributed by atoms with E-state index in [1.54, 1.807) is 0 Å². The number of aromatic nitrogens is 1. The Labute approximate surface area is 164 Å². The van der Waals surface area contributed by atoms with Gasteiger partial charge in [-0.25, -0.2) is 0 Å². The Hall–Kier alpha value is -2.46. The van der Waals surface area contributed by atoms with E-state index in [1.165, 1.54) is 5.56 Å². The van der Waals surface area contributed by atoms with Crippen LogP contribution < -0.4 is 9.64 Å². The number of fused-ring (bicyclic) bond motifs is 1. The normalized spacial score (nSPS) is 15.4. The molecule has 0 bridgehead atoms. The molecule has 1 aromatic heterocycles. The third kappa shape index (κ3) is 3.42. The van der Waals surface area contributed by atoms with Gasteiger partial charge in [0.2, 0.25) is 0 Å². The molecule has 2 heterocycles. The third-order valence-corrected chi connectivity index (χ3v) is 5.18. The molecule has 4 nitrogen and oxygen atoms in total. The van der Waals surface area contributed by atoms with Crippen molar-refractivity contribution in [2.45, 2.75) is 39.8 Å². The summed E-state index contributed by atoms with van der Waals surface area (Å²) >= 11 is 6.68.